The average molecular weight is 621 g/mol. The molecule has 0 bridgehead atoms. The topological polar surface area (TPSA) is 36.9 Å². The van der Waals surface area contributed by atoms with Crippen molar-refractivity contribution in [3.63, 3.8) is 0 Å². The first-order valence-corrected chi connectivity index (χ1v) is 14.6. The van der Waals surface area contributed by atoms with Gasteiger partial charge in [-0.25, -0.2) is 8.78 Å². The molecule has 1 aromatic rings. The maximum atomic E-state index is 14.8. The van der Waals surface area contributed by atoms with Crippen LogP contribution in [0.3, 0.4) is 0 Å². The lowest BCUT2D eigenvalue weighted by molar-refractivity contribution is -0.390. The van der Waals surface area contributed by atoms with Gasteiger partial charge in [0, 0.05) is 18.1 Å². The number of rotatable bonds is 10. The maximum Gasteiger partial charge on any atom is 0.422 e. The Labute approximate surface area is 239 Å². The van der Waals surface area contributed by atoms with Crippen molar-refractivity contribution in [2.75, 3.05) is 13.2 Å². The third kappa shape index (κ3) is 8.25. The summed E-state index contributed by atoms with van der Waals surface area (Å²) in [5.74, 6) is -6.07. The van der Waals surface area contributed by atoms with Crippen molar-refractivity contribution < 1.29 is 58.5 Å². The first-order chi connectivity index (χ1) is 19.7. The number of alkyl halides is 7. The molecule has 2 aliphatic carbocycles. The molecule has 4 nitrogen and oxygen atoms in total. The zero-order valence-electron chi connectivity index (χ0n) is 23.3. The third-order valence-electron chi connectivity index (χ3n) is 8.72. The smallest absolute Gasteiger partial charge is 0.422 e. The van der Waals surface area contributed by atoms with Crippen molar-refractivity contribution in [1.29, 1.82) is 0 Å². The highest BCUT2D eigenvalue weighted by atomic mass is 19.4. The SMILES string of the molecule is CCCCC1COC(C(F)(F)OC2CCC(C3CCC(C(F)(F)Oc4cc(F)c(C(F)(F)F)c(F)c4)CC3)CC2)OC1. The lowest BCUT2D eigenvalue weighted by Crippen LogP contribution is -2.48. The van der Waals surface area contributed by atoms with Crippen molar-refractivity contribution >= 4 is 0 Å². The predicted molar refractivity (Wildman–Crippen MR) is 133 cm³/mol. The molecular formula is C29H37F9O4. The summed E-state index contributed by atoms with van der Waals surface area (Å²) in [6, 6.07) is 0.207. The molecule has 1 heterocycles. The summed E-state index contributed by atoms with van der Waals surface area (Å²) in [7, 11) is 0. The van der Waals surface area contributed by atoms with Gasteiger partial charge in [0.2, 0.25) is 0 Å². The fourth-order valence-corrected chi connectivity index (χ4v) is 6.40. The van der Waals surface area contributed by atoms with E-state index in [1.54, 1.807) is 0 Å². The van der Waals surface area contributed by atoms with Crippen LogP contribution in [0.15, 0.2) is 12.1 Å². The molecule has 1 saturated heterocycles. The number of hydrogen-bond acceptors (Lipinski definition) is 4. The Hall–Kier alpha value is -1.73. The summed E-state index contributed by atoms with van der Waals surface area (Å²) in [5, 5.41) is 0. The number of hydrogen-bond donors (Lipinski definition) is 0. The van der Waals surface area contributed by atoms with Gasteiger partial charge in [0.1, 0.15) is 22.9 Å². The lowest BCUT2D eigenvalue weighted by atomic mass is 9.70. The molecule has 42 heavy (non-hydrogen) atoms. The molecule has 0 atom stereocenters. The van der Waals surface area contributed by atoms with E-state index in [0.717, 1.165) is 19.3 Å². The molecule has 13 heteroatoms. The van der Waals surface area contributed by atoms with E-state index in [2.05, 4.69) is 4.74 Å². The van der Waals surface area contributed by atoms with Crippen LogP contribution in [0.25, 0.3) is 0 Å². The zero-order valence-corrected chi connectivity index (χ0v) is 23.3. The van der Waals surface area contributed by atoms with E-state index in [0.29, 0.717) is 38.5 Å². The van der Waals surface area contributed by atoms with Gasteiger partial charge in [-0.15, -0.1) is 0 Å². The van der Waals surface area contributed by atoms with E-state index in [9.17, 15) is 39.5 Å². The monoisotopic (exact) mass is 620 g/mol. The van der Waals surface area contributed by atoms with Crippen molar-refractivity contribution in [2.24, 2.45) is 23.7 Å². The van der Waals surface area contributed by atoms with E-state index in [4.69, 9.17) is 14.2 Å². The minimum atomic E-state index is -5.32. The fraction of sp³-hybridized carbons (Fsp3) is 0.793. The second-order valence-electron chi connectivity index (χ2n) is 11.8. The van der Waals surface area contributed by atoms with Crippen molar-refractivity contribution in [3.05, 3.63) is 29.3 Å². The quantitative estimate of drug-likeness (QED) is 0.245. The molecule has 0 aromatic heterocycles. The highest BCUT2D eigenvalue weighted by Crippen LogP contribution is 2.46. The molecule has 1 aliphatic heterocycles. The molecule has 240 valence electrons. The van der Waals surface area contributed by atoms with E-state index in [-0.39, 0.29) is 55.9 Å². The number of halogens is 9. The van der Waals surface area contributed by atoms with E-state index in [1.165, 1.54) is 0 Å². The van der Waals surface area contributed by atoms with E-state index >= 15 is 0 Å². The minimum absolute atomic E-state index is 0.0351. The Morgan fingerprint density at radius 1 is 0.762 bits per heavy atom. The van der Waals surface area contributed by atoms with E-state index < -0.39 is 59.7 Å². The molecule has 3 fully saturated rings. The van der Waals surface area contributed by atoms with Gasteiger partial charge in [0.25, 0.3) is 6.29 Å². The van der Waals surface area contributed by atoms with Gasteiger partial charge in [0.05, 0.1) is 25.2 Å². The average Bonchev–Trinajstić information content (AvgIpc) is 2.91. The van der Waals surface area contributed by atoms with Crippen molar-refractivity contribution in [3.8, 4) is 5.75 Å². The zero-order chi connectivity index (χ0) is 30.7. The van der Waals surface area contributed by atoms with Gasteiger partial charge < -0.3 is 18.9 Å². The van der Waals surface area contributed by atoms with Crippen LogP contribution in [-0.4, -0.2) is 37.8 Å². The van der Waals surface area contributed by atoms with E-state index in [1.807, 2.05) is 6.92 Å². The summed E-state index contributed by atoms with van der Waals surface area (Å²) >= 11 is 0. The third-order valence-corrected chi connectivity index (χ3v) is 8.72. The minimum Gasteiger partial charge on any atom is -0.432 e. The second-order valence-corrected chi connectivity index (χ2v) is 11.8. The Balaban J connectivity index is 1.21. The van der Waals surface area contributed by atoms with Gasteiger partial charge >= 0.3 is 18.4 Å². The molecule has 3 aliphatic rings. The summed E-state index contributed by atoms with van der Waals surface area (Å²) in [6.07, 6.45) is -9.50. The Morgan fingerprint density at radius 3 is 1.79 bits per heavy atom. The van der Waals surface area contributed by atoms with Crippen LogP contribution >= 0.6 is 0 Å². The molecule has 1 aromatic carbocycles. The summed E-state index contributed by atoms with van der Waals surface area (Å²) in [6.45, 7) is 2.44. The Bertz CT molecular complexity index is 988. The lowest BCUT2D eigenvalue weighted by Gasteiger charge is -2.40. The van der Waals surface area contributed by atoms with Gasteiger partial charge in [-0.1, -0.05) is 19.8 Å². The summed E-state index contributed by atoms with van der Waals surface area (Å²) in [5.41, 5.74) is -2.17. The Morgan fingerprint density at radius 2 is 1.29 bits per heavy atom. The molecular weight excluding hydrogens is 583 g/mol. The standard InChI is InChI=1S/C29H37F9O4/c1-2-3-4-17-15-39-26(40-16-17)29(37,38)41-21-11-7-19(8-12-21)18-5-9-20(10-6-18)28(35,36)42-22-13-23(30)25(24(31)14-22)27(32,33)34/h13-14,17-21,26H,2-12,15-16H2,1H3. The summed E-state index contributed by atoms with van der Waals surface area (Å²) in [4.78, 5) is 0. The molecule has 0 N–H and O–H groups in total. The van der Waals surface area contributed by atoms with Crippen LogP contribution < -0.4 is 4.74 Å². The van der Waals surface area contributed by atoms with Gasteiger partial charge in [0.15, 0.2) is 0 Å². The number of unbranched alkanes of at least 4 members (excludes halogenated alkanes) is 1. The van der Waals surface area contributed by atoms with Gasteiger partial charge in [-0.05, 0) is 69.6 Å². The normalized spacial score (nSPS) is 29.9. The molecule has 0 amide bonds. The van der Waals surface area contributed by atoms with Crippen molar-refractivity contribution in [1.82, 2.24) is 0 Å². The number of benzene rings is 1. The summed E-state index contributed by atoms with van der Waals surface area (Å²) < 4.78 is 145. The van der Waals surface area contributed by atoms with Crippen LogP contribution in [0, 0.1) is 35.3 Å². The Kier molecular flexibility index (Phi) is 10.7. The first kappa shape index (κ1) is 33.2. The van der Waals surface area contributed by atoms with Crippen LogP contribution in [0.5, 0.6) is 5.75 Å². The van der Waals surface area contributed by atoms with Crippen LogP contribution in [-0.2, 0) is 20.4 Å². The maximum absolute atomic E-state index is 14.8. The predicted octanol–water partition coefficient (Wildman–Crippen LogP) is 9.11. The fourth-order valence-electron chi connectivity index (χ4n) is 6.40. The van der Waals surface area contributed by atoms with Crippen molar-refractivity contribution in [2.45, 2.75) is 108 Å². The van der Waals surface area contributed by atoms with Crippen LogP contribution in [0.2, 0.25) is 0 Å². The van der Waals surface area contributed by atoms with Crippen LogP contribution in [0.1, 0.15) is 83.1 Å². The molecule has 2 saturated carbocycles. The van der Waals surface area contributed by atoms with Gasteiger partial charge in [-0.2, -0.15) is 30.7 Å². The molecule has 0 unspecified atom stereocenters. The second kappa shape index (κ2) is 13.5. The number of ether oxygens (including phenoxy) is 4. The molecule has 0 radical (unpaired) electrons. The molecule has 4 rings (SSSR count). The largest absolute Gasteiger partial charge is 0.432 e. The highest BCUT2D eigenvalue weighted by Gasteiger charge is 2.49. The van der Waals surface area contributed by atoms with Gasteiger partial charge in [-0.3, -0.25) is 0 Å². The highest BCUT2D eigenvalue weighted by molar-refractivity contribution is 5.32. The first-order valence-electron chi connectivity index (χ1n) is 14.6. The molecule has 0 spiro atoms. The van der Waals surface area contributed by atoms with Crippen LogP contribution in [0.4, 0.5) is 39.5 Å².